The summed E-state index contributed by atoms with van der Waals surface area (Å²) in [6, 6.07) is 6.38. The van der Waals surface area contributed by atoms with Gasteiger partial charge in [0.05, 0.1) is 43.1 Å². The molecule has 154 valence electrons. The van der Waals surface area contributed by atoms with Gasteiger partial charge in [-0.3, -0.25) is 10.1 Å². The number of hydrogen-bond acceptors (Lipinski definition) is 5. The SMILES string of the molecule is O=C(NC(=O)c1c(Cl)cccc1Cl)Nc1cc(Cl)c(Oc2ncc(Cl)cn2)c(Cl)c1. The lowest BCUT2D eigenvalue weighted by atomic mass is 10.2. The van der Waals surface area contributed by atoms with Gasteiger partial charge >= 0.3 is 12.0 Å². The van der Waals surface area contributed by atoms with E-state index in [0.717, 1.165) is 0 Å². The number of aromatic nitrogens is 2. The highest BCUT2D eigenvalue weighted by atomic mass is 35.5. The Morgan fingerprint density at radius 1 is 0.867 bits per heavy atom. The fourth-order valence-corrected chi connectivity index (χ4v) is 3.45. The van der Waals surface area contributed by atoms with E-state index in [1.165, 1.54) is 36.7 Å². The summed E-state index contributed by atoms with van der Waals surface area (Å²) in [4.78, 5) is 32.2. The van der Waals surface area contributed by atoms with Crippen molar-refractivity contribution in [1.29, 1.82) is 0 Å². The zero-order valence-corrected chi connectivity index (χ0v) is 18.3. The fourth-order valence-electron chi connectivity index (χ4n) is 2.22. The van der Waals surface area contributed by atoms with Crippen LogP contribution in [0.2, 0.25) is 25.1 Å². The molecular formula is C18H9Cl5N4O3. The number of anilines is 1. The normalized spacial score (nSPS) is 10.4. The summed E-state index contributed by atoms with van der Waals surface area (Å²) in [6.45, 7) is 0. The topological polar surface area (TPSA) is 93.2 Å². The van der Waals surface area contributed by atoms with E-state index in [0.29, 0.717) is 5.02 Å². The molecule has 0 spiro atoms. The summed E-state index contributed by atoms with van der Waals surface area (Å²) in [7, 11) is 0. The van der Waals surface area contributed by atoms with E-state index in [1.807, 2.05) is 0 Å². The van der Waals surface area contributed by atoms with Gasteiger partial charge in [-0.2, -0.15) is 0 Å². The molecule has 12 heteroatoms. The van der Waals surface area contributed by atoms with E-state index in [2.05, 4.69) is 20.6 Å². The van der Waals surface area contributed by atoms with Crippen LogP contribution in [0.4, 0.5) is 10.5 Å². The maximum Gasteiger partial charge on any atom is 0.326 e. The number of hydrogen-bond donors (Lipinski definition) is 2. The molecule has 0 atom stereocenters. The highest BCUT2D eigenvalue weighted by Gasteiger charge is 2.18. The zero-order valence-electron chi connectivity index (χ0n) is 14.6. The predicted octanol–water partition coefficient (Wildman–Crippen LogP) is 6.50. The van der Waals surface area contributed by atoms with Crippen molar-refractivity contribution in [1.82, 2.24) is 15.3 Å². The molecule has 7 nitrogen and oxygen atoms in total. The molecule has 0 bridgehead atoms. The molecule has 0 aliphatic carbocycles. The van der Waals surface area contributed by atoms with Crippen molar-refractivity contribution in [3.8, 4) is 11.8 Å². The predicted molar refractivity (Wildman–Crippen MR) is 117 cm³/mol. The van der Waals surface area contributed by atoms with Crippen molar-refractivity contribution in [2.75, 3.05) is 5.32 Å². The second kappa shape index (κ2) is 9.68. The van der Waals surface area contributed by atoms with E-state index >= 15 is 0 Å². The summed E-state index contributed by atoms with van der Waals surface area (Å²) < 4.78 is 5.45. The average Bonchev–Trinajstić information content (AvgIpc) is 2.66. The molecular weight excluding hydrogens is 497 g/mol. The Bertz CT molecular complexity index is 1080. The van der Waals surface area contributed by atoms with Crippen LogP contribution in [-0.4, -0.2) is 21.9 Å². The molecule has 0 unspecified atom stereocenters. The minimum Gasteiger partial charge on any atom is -0.421 e. The Morgan fingerprint density at radius 3 is 2.00 bits per heavy atom. The Hall–Kier alpha value is -2.29. The molecule has 0 radical (unpaired) electrons. The first-order valence-electron chi connectivity index (χ1n) is 7.95. The van der Waals surface area contributed by atoms with E-state index in [4.69, 9.17) is 62.7 Å². The fraction of sp³-hybridized carbons (Fsp3) is 0. The standard InChI is InChI=1S/C18H9Cl5N4O3/c19-8-6-24-18(25-7-8)30-15-12(22)4-9(5-13(15)23)26-17(29)27-16(28)14-10(20)2-1-3-11(14)21/h1-7H,(H2,26,27,28,29). The van der Waals surface area contributed by atoms with Crippen LogP contribution in [0, 0.1) is 0 Å². The summed E-state index contributed by atoms with van der Waals surface area (Å²) in [6.07, 6.45) is 2.68. The van der Waals surface area contributed by atoms with Gasteiger partial charge in [0.1, 0.15) is 0 Å². The summed E-state index contributed by atoms with van der Waals surface area (Å²) in [5.74, 6) is -0.703. The Balaban J connectivity index is 1.71. The van der Waals surface area contributed by atoms with Crippen LogP contribution in [0.5, 0.6) is 11.8 Å². The second-order valence-corrected chi connectivity index (χ2v) is 7.63. The number of nitrogens with one attached hydrogen (secondary N) is 2. The number of urea groups is 1. The first-order valence-corrected chi connectivity index (χ1v) is 9.84. The molecule has 3 aromatic rings. The summed E-state index contributed by atoms with van der Waals surface area (Å²) >= 11 is 30.0. The molecule has 2 aromatic carbocycles. The van der Waals surface area contributed by atoms with Crippen LogP contribution in [0.3, 0.4) is 0 Å². The number of halogens is 5. The first-order chi connectivity index (χ1) is 14.2. The number of imide groups is 1. The number of ether oxygens (including phenoxy) is 1. The van der Waals surface area contributed by atoms with E-state index < -0.39 is 11.9 Å². The van der Waals surface area contributed by atoms with Gasteiger partial charge in [-0.1, -0.05) is 64.1 Å². The van der Waals surface area contributed by atoms with E-state index in [1.54, 1.807) is 6.07 Å². The molecule has 1 aromatic heterocycles. The number of rotatable bonds is 4. The van der Waals surface area contributed by atoms with Crippen molar-refractivity contribution in [2.24, 2.45) is 0 Å². The number of carbonyl (C=O) groups is 2. The molecule has 0 saturated heterocycles. The van der Waals surface area contributed by atoms with Gasteiger partial charge in [0.2, 0.25) is 0 Å². The van der Waals surface area contributed by atoms with Gasteiger partial charge in [0.15, 0.2) is 5.75 Å². The Labute approximate surface area is 195 Å². The molecule has 0 aliphatic heterocycles. The molecule has 0 aliphatic rings. The third-order valence-electron chi connectivity index (χ3n) is 3.46. The van der Waals surface area contributed by atoms with Crippen LogP contribution in [0.25, 0.3) is 0 Å². The lowest BCUT2D eigenvalue weighted by Crippen LogP contribution is -2.34. The van der Waals surface area contributed by atoms with Crippen LogP contribution in [0.1, 0.15) is 10.4 Å². The highest BCUT2D eigenvalue weighted by Crippen LogP contribution is 2.38. The summed E-state index contributed by atoms with van der Waals surface area (Å²) in [5, 5.41) is 5.22. The summed E-state index contributed by atoms with van der Waals surface area (Å²) in [5.41, 5.74) is 0.170. The van der Waals surface area contributed by atoms with Crippen LogP contribution < -0.4 is 15.4 Å². The molecule has 1 heterocycles. The molecule has 30 heavy (non-hydrogen) atoms. The largest absolute Gasteiger partial charge is 0.421 e. The number of carbonyl (C=O) groups excluding carboxylic acids is 2. The van der Waals surface area contributed by atoms with Crippen LogP contribution in [-0.2, 0) is 0 Å². The maximum atomic E-state index is 12.3. The smallest absolute Gasteiger partial charge is 0.326 e. The number of benzene rings is 2. The Kier molecular flexibility index (Phi) is 7.23. The Morgan fingerprint density at radius 2 is 1.43 bits per heavy atom. The van der Waals surface area contributed by atoms with Gasteiger partial charge in [-0.25, -0.2) is 14.8 Å². The van der Waals surface area contributed by atoms with Crippen molar-refractivity contribution in [3.05, 3.63) is 73.4 Å². The zero-order chi connectivity index (χ0) is 21.8. The van der Waals surface area contributed by atoms with Gasteiger partial charge < -0.3 is 10.1 Å². The van der Waals surface area contributed by atoms with E-state index in [9.17, 15) is 9.59 Å². The van der Waals surface area contributed by atoms with Crippen molar-refractivity contribution in [2.45, 2.75) is 0 Å². The first kappa shape index (κ1) is 22.4. The van der Waals surface area contributed by atoms with Gasteiger partial charge in [0, 0.05) is 5.69 Å². The van der Waals surface area contributed by atoms with Gasteiger partial charge in [0.25, 0.3) is 5.91 Å². The van der Waals surface area contributed by atoms with Crippen molar-refractivity contribution >= 4 is 75.6 Å². The second-order valence-electron chi connectivity index (χ2n) is 5.56. The van der Waals surface area contributed by atoms with E-state index in [-0.39, 0.29) is 43.1 Å². The lowest BCUT2D eigenvalue weighted by molar-refractivity contribution is 0.0967. The monoisotopic (exact) mass is 504 g/mol. The van der Waals surface area contributed by atoms with Crippen molar-refractivity contribution in [3.63, 3.8) is 0 Å². The minimum absolute atomic E-state index is 0.0242. The van der Waals surface area contributed by atoms with Gasteiger partial charge in [-0.05, 0) is 24.3 Å². The molecule has 0 saturated carbocycles. The van der Waals surface area contributed by atoms with Crippen LogP contribution in [0.15, 0.2) is 42.7 Å². The minimum atomic E-state index is -0.849. The molecule has 0 fully saturated rings. The molecule has 3 rings (SSSR count). The van der Waals surface area contributed by atoms with Crippen LogP contribution >= 0.6 is 58.0 Å². The number of nitrogens with zero attached hydrogens (tertiary/aromatic N) is 2. The number of amides is 3. The third kappa shape index (κ3) is 5.44. The van der Waals surface area contributed by atoms with Crippen molar-refractivity contribution < 1.29 is 14.3 Å². The highest BCUT2D eigenvalue weighted by molar-refractivity contribution is 6.40. The lowest BCUT2D eigenvalue weighted by Gasteiger charge is -2.12. The maximum absolute atomic E-state index is 12.3. The molecule has 2 N–H and O–H groups in total. The van der Waals surface area contributed by atoms with Gasteiger partial charge in [-0.15, -0.1) is 0 Å². The molecule has 3 amide bonds. The third-order valence-corrected chi connectivity index (χ3v) is 4.85. The average molecular weight is 507 g/mol. The quantitative estimate of drug-likeness (QED) is 0.421.